The molecule has 0 saturated heterocycles. The molecule has 2 amide bonds. The number of para-hydroxylation sites is 1. The van der Waals surface area contributed by atoms with Crippen LogP contribution in [-0.4, -0.2) is 17.6 Å². The van der Waals surface area contributed by atoms with Crippen LogP contribution in [0.25, 0.3) is 0 Å². The van der Waals surface area contributed by atoms with Crippen molar-refractivity contribution < 1.29 is 18.0 Å². The van der Waals surface area contributed by atoms with Crippen LogP contribution >= 0.6 is 12.2 Å². The van der Waals surface area contributed by atoms with Gasteiger partial charge in [-0.05, 0) is 12.1 Å². The van der Waals surface area contributed by atoms with Crippen molar-refractivity contribution in [3.8, 4) is 0 Å². The second kappa shape index (κ2) is 5.67. The zero-order valence-electron chi connectivity index (χ0n) is 9.04. The smallest absolute Gasteiger partial charge is 0.392 e. The molecule has 0 radical (unpaired) electrons. The van der Waals surface area contributed by atoms with E-state index in [0.717, 1.165) is 12.1 Å². The molecule has 4 nitrogen and oxygen atoms in total. The van der Waals surface area contributed by atoms with Gasteiger partial charge < -0.3 is 16.4 Å². The minimum absolute atomic E-state index is 0.0363. The number of carbonyl (C=O) groups excluding carboxylic acids is 1. The molecule has 18 heavy (non-hydrogen) atoms. The van der Waals surface area contributed by atoms with Gasteiger partial charge in [-0.3, -0.25) is 0 Å². The first kappa shape index (κ1) is 14.2. The van der Waals surface area contributed by atoms with Crippen molar-refractivity contribution in [1.82, 2.24) is 5.32 Å². The van der Waals surface area contributed by atoms with Crippen LogP contribution in [0.5, 0.6) is 0 Å². The van der Waals surface area contributed by atoms with Crippen LogP contribution in [0.2, 0.25) is 0 Å². The summed E-state index contributed by atoms with van der Waals surface area (Å²) in [4.78, 5) is 11.3. The van der Waals surface area contributed by atoms with Crippen LogP contribution in [0.4, 0.5) is 23.7 Å². The molecule has 0 fully saturated rings. The van der Waals surface area contributed by atoms with E-state index in [1.54, 1.807) is 0 Å². The number of hydrogen-bond acceptors (Lipinski definition) is 2. The molecule has 0 spiro atoms. The minimum atomic E-state index is -4.53. The molecule has 0 bridgehead atoms. The maximum atomic E-state index is 12.6. The first-order valence-corrected chi connectivity index (χ1v) is 5.21. The number of benzene rings is 1. The number of nitrogens with two attached hydrogens (primary N) is 1. The third kappa shape index (κ3) is 4.21. The Bertz CT molecular complexity index is 462. The highest BCUT2D eigenvalue weighted by Crippen LogP contribution is 2.34. The van der Waals surface area contributed by atoms with Crippen LogP contribution in [0.15, 0.2) is 24.3 Å². The number of anilines is 1. The minimum Gasteiger partial charge on any atom is -0.392 e. The van der Waals surface area contributed by atoms with Gasteiger partial charge in [0.25, 0.3) is 0 Å². The average molecular weight is 277 g/mol. The maximum absolute atomic E-state index is 12.6. The van der Waals surface area contributed by atoms with E-state index in [4.69, 9.17) is 5.73 Å². The molecule has 1 aromatic rings. The third-order valence-electron chi connectivity index (χ3n) is 1.90. The Hall–Kier alpha value is -1.83. The average Bonchev–Trinajstić information content (AvgIpc) is 2.25. The standard InChI is InChI=1S/C10H10F3N3OS/c11-10(12,13)6-3-1-2-4-7(6)16-9(17)15-5-8(14)18/h1-4H,5H2,(H2,14,18)(H2,15,16,17). The molecule has 1 rings (SSSR count). The van der Waals surface area contributed by atoms with Gasteiger partial charge in [0, 0.05) is 0 Å². The molecular weight excluding hydrogens is 267 g/mol. The summed E-state index contributed by atoms with van der Waals surface area (Å²) in [7, 11) is 0. The van der Waals surface area contributed by atoms with Crippen molar-refractivity contribution in [3.05, 3.63) is 29.8 Å². The number of halogens is 3. The van der Waals surface area contributed by atoms with Crippen molar-refractivity contribution >= 4 is 28.9 Å². The highest BCUT2D eigenvalue weighted by Gasteiger charge is 2.33. The summed E-state index contributed by atoms with van der Waals surface area (Å²) in [5.74, 6) is 0. The van der Waals surface area contributed by atoms with Gasteiger partial charge in [0.15, 0.2) is 0 Å². The highest BCUT2D eigenvalue weighted by atomic mass is 32.1. The van der Waals surface area contributed by atoms with Crippen molar-refractivity contribution in [2.24, 2.45) is 5.73 Å². The van der Waals surface area contributed by atoms with E-state index in [0.29, 0.717) is 0 Å². The largest absolute Gasteiger partial charge is 0.418 e. The van der Waals surface area contributed by atoms with Crippen molar-refractivity contribution in [1.29, 1.82) is 0 Å². The number of thiocarbonyl (C=S) groups is 1. The summed E-state index contributed by atoms with van der Waals surface area (Å²) in [6, 6.07) is 3.85. The Balaban J connectivity index is 2.79. The van der Waals surface area contributed by atoms with Gasteiger partial charge in [0.1, 0.15) is 0 Å². The molecule has 1 aromatic carbocycles. The summed E-state index contributed by atoms with van der Waals surface area (Å²) < 4.78 is 37.8. The van der Waals surface area contributed by atoms with E-state index in [1.807, 2.05) is 0 Å². The molecule has 0 saturated carbocycles. The van der Waals surface area contributed by atoms with Crippen molar-refractivity contribution in [3.63, 3.8) is 0 Å². The molecule has 0 aliphatic carbocycles. The lowest BCUT2D eigenvalue weighted by Crippen LogP contribution is -2.35. The van der Waals surface area contributed by atoms with Gasteiger partial charge in [-0.25, -0.2) is 4.79 Å². The van der Waals surface area contributed by atoms with Crippen LogP contribution in [0, 0.1) is 0 Å². The zero-order valence-corrected chi connectivity index (χ0v) is 9.86. The number of alkyl halides is 3. The first-order chi connectivity index (χ1) is 8.30. The van der Waals surface area contributed by atoms with E-state index in [2.05, 4.69) is 22.9 Å². The summed E-state index contributed by atoms with van der Waals surface area (Å²) in [6.45, 7) is -0.0879. The SMILES string of the molecule is NC(=S)CNC(=O)Nc1ccccc1C(F)(F)F. The van der Waals surface area contributed by atoms with Crippen LogP contribution in [0.1, 0.15) is 5.56 Å². The number of carbonyl (C=O) groups is 1. The lowest BCUT2D eigenvalue weighted by molar-refractivity contribution is -0.136. The molecule has 0 atom stereocenters. The fourth-order valence-corrected chi connectivity index (χ4v) is 1.25. The first-order valence-electron chi connectivity index (χ1n) is 4.80. The Morgan fingerprint density at radius 3 is 2.50 bits per heavy atom. The van der Waals surface area contributed by atoms with Crippen molar-refractivity contribution in [2.75, 3.05) is 11.9 Å². The molecule has 0 aliphatic heterocycles. The fourth-order valence-electron chi connectivity index (χ4n) is 1.17. The lowest BCUT2D eigenvalue weighted by Gasteiger charge is -2.13. The molecule has 0 aliphatic rings. The van der Waals surface area contributed by atoms with E-state index in [-0.39, 0.29) is 17.2 Å². The van der Waals surface area contributed by atoms with Crippen LogP contribution in [-0.2, 0) is 6.18 Å². The highest BCUT2D eigenvalue weighted by molar-refractivity contribution is 7.80. The van der Waals surface area contributed by atoms with Crippen molar-refractivity contribution in [2.45, 2.75) is 6.18 Å². The quantitative estimate of drug-likeness (QED) is 0.741. The molecule has 0 heterocycles. The predicted octanol–water partition coefficient (Wildman–Crippen LogP) is 2.11. The van der Waals surface area contributed by atoms with Crippen LogP contribution < -0.4 is 16.4 Å². The van der Waals surface area contributed by atoms with Gasteiger partial charge >= 0.3 is 12.2 Å². The number of hydrogen-bond donors (Lipinski definition) is 3. The van der Waals surface area contributed by atoms with E-state index >= 15 is 0 Å². The predicted molar refractivity (Wildman–Crippen MR) is 65.3 cm³/mol. The van der Waals surface area contributed by atoms with E-state index in [9.17, 15) is 18.0 Å². The molecule has 4 N–H and O–H groups in total. The monoisotopic (exact) mass is 277 g/mol. The Kier molecular flexibility index (Phi) is 4.49. The molecular formula is C10H10F3N3OS. The number of nitrogens with one attached hydrogen (secondary N) is 2. The Morgan fingerprint density at radius 2 is 1.94 bits per heavy atom. The van der Waals surface area contributed by atoms with Gasteiger partial charge in [0.2, 0.25) is 0 Å². The normalized spacial score (nSPS) is 10.8. The van der Waals surface area contributed by atoms with E-state index < -0.39 is 17.8 Å². The second-order valence-corrected chi connectivity index (χ2v) is 3.84. The third-order valence-corrected chi connectivity index (χ3v) is 2.05. The summed E-state index contributed by atoms with van der Waals surface area (Å²) in [5, 5.41) is 4.31. The lowest BCUT2D eigenvalue weighted by atomic mass is 10.1. The summed E-state index contributed by atoms with van der Waals surface area (Å²) >= 11 is 4.52. The summed E-state index contributed by atoms with van der Waals surface area (Å²) in [5.41, 5.74) is 3.89. The topological polar surface area (TPSA) is 67.1 Å². The second-order valence-electron chi connectivity index (χ2n) is 3.32. The Labute approximate surface area is 106 Å². The molecule has 0 aromatic heterocycles. The van der Waals surface area contributed by atoms with Crippen LogP contribution in [0.3, 0.4) is 0 Å². The molecule has 98 valence electrons. The number of rotatable bonds is 3. The number of amides is 2. The Morgan fingerprint density at radius 1 is 1.33 bits per heavy atom. The number of urea groups is 1. The molecule has 0 unspecified atom stereocenters. The van der Waals surface area contributed by atoms with Gasteiger partial charge in [-0.1, -0.05) is 24.4 Å². The van der Waals surface area contributed by atoms with Gasteiger partial charge in [-0.15, -0.1) is 0 Å². The van der Waals surface area contributed by atoms with Gasteiger partial charge in [0.05, 0.1) is 22.8 Å². The maximum Gasteiger partial charge on any atom is 0.418 e. The fraction of sp³-hybridized carbons (Fsp3) is 0.200. The van der Waals surface area contributed by atoms with Gasteiger partial charge in [-0.2, -0.15) is 13.2 Å². The summed E-state index contributed by atoms with van der Waals surface area (Å²) in [6.07, 6.45) is -4.53. The van der Waals surface area contributed by atoms with E-state index in [1.165, 1.54) is 12.1 Å². The zero-order chi connectivity index (χ0) is 13.8. The molecule has 8 heteroatoms.